The fraction of sp³-hybridized carbons (Fsp3) is 0.429. The molecule has 1 saturated heterocycles. The van der Waals surface area contributed by atoms with Gasteiger partial charge in [-0.15, -0.1) is 0 Å². The molecule has 4 heterocycles. The Balaban J connectivity index is 1.50. The Hall–Kier alpha value is -3.18. The number of hydrogen-bond donors (Lipinski definition) is 3. The normalized spacial score (nSPS) is 22.2. The maximum atomic E-state index is 13.2. The molecule has 0 radical (unpaired) electrons. The molecule has 0 aromatic carbocycles. The third-order valence-electron chi connectivity index (χ3n) is 5.80. The zero-order valence-electron chi connectivity index (χ0n) is 17.8. The smallest absolute Gasteiger partial charge is 0.274 e. The highest BCUT2D eigenvalue weighted by atomic mass is 35.5. The lowest BCUT2D eigenvalue weighted by Crippen LogP contribution is -2.31. The van der Waals surface area contributed by atoms with Gasteiger partial charge in [0.25, 0.3) is 11.5 Å². The zero-order chi connectivity index (χ0) is 23.1. The number of carbonyl (C=O) groups excluding carboxylic acids is 1. The molecular formula is C21H23ClFN7O3. The summed E-state index contributed by atoms with van der Waals surface area (Å²) in [5.74, 6) is 0.408. The highest BCUT2D eigenvalue weighted by Gasteiger charge is 2.39. The number of alkyl halides is 1. The van der Waals surface area contributed by atoms with Gasteiger partial charge in [0, 0.05) is 32.3 Å². The number of anilines is 3. The summed E-state index contributed by atoms with van der Waals surface area (Å²) in [7, 11) is 1.70. The average Bonchev–Trinajstić information content (AvgIpc) is 3.33. The molecule has 1 amide bonds. The summed E-state index contributed by atoms with van der Waals surface area (Å²) in [6.07, 6.45) is 3.97. The number of ether oxygens (including phenoxy) is 1. The molecule has 1 aliphatic carbocycles. The number of pyridine rings is 1. The molecule has 3 N–H and O–H groups in total. The summed E-state index contributed by atoms with van der Waals surface area (Å²) < 4.78 is 21.8. The Labute approximate surface area is 193 Å². The first-order chi connectivity index (χ1) is 15.9. The van der Waals surface area contributed by atoms with Gasteiger partial charge in [0.1, 0.15) is 29.1 Å². The summed E-state index contributed by atoms with van der Waals surface area (Å²) >= 11 is 6.31. The minimum absolute atomic E-state index is 0.0966. The predicted octanol–water partition coefficient (Wildman–Crippen LogP) is 2.52. The highest BCUT2D eigenvalue weighted by molar-refractivity contribution is 6.30. The van der Waals surface area contributed by atoms with E-state index in [9.17, 15) is 14.0 Å². The van der Waals surface area contributed by atoms with Crippen LogP contribution in [0.4, 0.5) is 21.7 Å². The molecule has 3 aromatic rings. The van der Waals surface area contributed by atoms with Crippen LogP contribution in [0.5, 0.6) is 0 Å². The molecule has 0 spiro atoms. The van der Waals surface area contributed by atoms with E-state index in [1.165, 1.54) is 16.8 Å². The third kappa shape index (κ3) is 4.25. The Kier molecular flexibility index (Phi) is 5.67. The number of halogens is 2. The molecule has 2 fully saturated rings. The zero-order valence-corrected chi connectivity index (χ0v) is 18.6. The Bertz CT molecular complexity index is 1270. The minimum atomic E-state index is -1.02. The monoisotopic (exact) mass is 475 g/mol. The van der Waals surface area contributed by atoms with Crippen molar-refractivity contribution in [2.45, 2.75) is 37.5 Å². The molecule has 5 rings (SSSR count). The van der Waals surface area contributed by atoms with Crippen LogP contribution in [0.1, 0.15) is 35.7 Å². The average molecular weight is 476 g/mol. The molecule has 3 aromatic heterocycles. The lowest BCUT2D eigenvalue weighted by Gasteiger charge is -2.25. The summed E-state index contributed by atoms with van der Waals surface area (Å²) in [4.78, 5) is 30.3. The molecule has 0 bridgehead atoms. The molecule has 2 aliphatic rings. The molecule has 3 atom stereocenters. The van der Waals surface area contributed by atoms with Crippen molar-refractivity contribution in [2.24, 2.45) is 0 Å². The van der Waals surface area contributed by atoms with Crippen molar-refractivity contribution < 1.29 is 13.9 Å². The maximum Gasteiger partial charge on any atom is 0.274 e. The van der Waals surface area contributed by atoms with Gasteiger partial charge in [-0.25, -0.2) is 9.37 Å². The summed E-state index contributed by atoms with van der Waals surface area (Å²) in [6, 6.07) is 2.62. The summed E-state index contributed by atoms with van der Waals surface area (Å²) in [5.41, 5.74) is 0.463. The van der Waals surface area contributed by atoms with Gasteiger partial charge in [-0.2, -0.15) is 9.61 Å². The van der Waals surface area contributed by atoms with E-state index >= 15 is 0 Å². The van der Waals surface area contributed by atoms with Crippen LogP contribution in [-0.4, -0.2) is 57.5 Å². The van der Waals surface area contributed by atoms with E-state index in [1.807, 2.05) is 0 Å². The number of carbonyl (C=O) groups is 1. The van der Waals surface area contributed by atoms with Crippen molar-refractivity contribution in [3.8, 4) is 0 Å². The second kappa shape index (κ2) is 8.64. The van der Waals surface area contributed by atoms with Gasteiger partial charge in [-0.1, -0.05) is 11.6 Å². The lowest BCUT2D eigenvalue weighted by molar-refractivity contribution is 0.0581. The second-order valence-corrected chi connectivity index (χ2v) is 8.62. The van der Waals surface area contributed by atoms with Crippen LogP contribution in [0.2, 0.25) is 5.02 Å². The number of fused-ring (bicyclic) bond motifs is 1. The first-order valence-electron chi connectivity index (χ1n) is 10.7. The summed E-state index contributed by atoms with van der Waals surface area (Å²) in [5, 5.41) is 13.3. The topological polar surface area (TPSA) is 115 Å². The number of nitrogens with one attached hydrogen (secondary N) is 3. The van der Waals surface area contributed by atoms with E-state index in [4.69, 9.17) is 16.3 Å². The first kappa shape index (κ1) is 21.7. The molecule has 33 heavy (non-hydrogen) atoms. The second-order valence-electron chi connectivity index (χ2n) is 8.18. The van der Waals surface area contributed by atoms with Gasteiger partial charge < -0.3 is 25.3 Å². The Morgan fingerprint density at radius 1 is 1.36 bits per heavy atom. The number of rotatable bonds is 6. The van der Waals surface area contributed by atoms with Crippen molar-refractivity contribution in [1.82, 2.24) is 24.5 Å². The van der Waals surface area contributed by atoms with Crippen molar-refractivity contribution in [3.63, 3.8) is 0 Å². The fourth-order valence-corrected chi connectivity index (χ4v) is 4.15. The van der Waals surface area contributed by atoms with Crippen molar-refractivity contribution in [1.29, 1.82) is 0 Å². The third-order valence-corrected chi connectivity index (χ3v) is 6.01. The van der Waals surface area contributed by atoms with E-state index in [2.05, 4.69) is 26.0 Å². The predicted molar refractivity (Wildman–Crippen MR) is 121 cm³/mol. The van der Waals surface area contributed by atoms with Crippen LogP contribution in [-0.2, 0) is 4.74 Å². The first-order valence-corrected chi connectivity index (χ1v) is 11.1. The largest absolute Gasteiger partial charge is 0.379 e. The van der Waals surface area contributed by atoms with Crippen LogP contribution in [0.25, 0.3) is 5.65 Å². The molecule has 1 aliphatic heterocycles. The van der Waals surface area contributed by atoms with Gasteiger partial charge in [-0.3, -0.25) is 9.59 Å². The van der Waals surface area contributed by atoms with Crippen molar-refractivity contribution >= 4 is 40.5 Å². The van der Waals surface area contributed by atoms with Gasteiger partial charge in [0.05, 0.1) is 29.9 Å². The SMILES string of the molecule is CNc1cc(Nc2cc(Cl)cn([C@H]3CCCOC3)c2=O)nc2c(C(=O)N[C@@H]3C[C@@H]3F)cnn12. The van der Waals surface area contributed by atoms with E-state index in [0.29, 0.717) is 36.3 Å². The van der Waals surface area contributed by atoms with Gasteiger partial charge in [-0.05, 0) is 18.9 Å². The van der Waals surface area contributed by atoms with Crippen LogP contribution < -0.4 is 21.5 Å². The number of aromatic nitrogens is 4. The molecule has 10 nitrogen and oxygen atoms in total. The van der Waals surface area contributed by atoms with Gasteiger partial charge in [0.15, 0.2) is 5.65 Å². The quantitative estimate of drug-likeness (QED) is 0.502. The van der Waals surface area contributed by atoms with Crippen LogP contribution in [0, 0.1) is 0 Å². The molecular weight excluding hydrogens is 453 g/mol. The van der Waals surface area contributed by atoms with Crippen LogP contribution in [0.3, 0.4) is 0 Å². The van der Waals surface area contributed by atoms with E-state index in [1.54, 1.807) is 23.9 Å². The number of hydrogen-bond acceptors (Lipinski definition) is 7. The van der Waals surface area contributed by atoms with Crippen LogP contribution >= 0.6 is 11.6 Å². The minimum Gasteiger partial charge on any atom is -0.379 e. The van der Waals surface area contributed by atoms with Gasteiger partial charge in [0.2, 0.25) is 0 Å². The van der Waals surface area contributed by atoms with Crippen molar-refractivity contribution in [3.05, 3.63) is 45.5 Å². The van der Waals surface area contributed by atoms with Gasteiger partial charge >= 0.3 is 0 Å². The van der Waals surface area contributed by atoms with E-state index in [0.717, 1.165) is 12.8 Å². The standard InChI is InChI=1S/C21H23ClFN7O3/c1-24-18-7-17(28-19-13(8-25-30(18)19)20(31)27-15-6-14(15)23)26-16-5-11(22)9-29(21(16)32)12-3-2-4-33-10-12/h5,7-9,12,14-15,24H,2-4,6,10H2,1H3,(H,26,28)(H,27,31)/t12-,14-,15+/m0/s1. The molecule has 1 saturated carbocycles. The Morgan fingerprint density at radius 3 is 2.88 bits per heavy atom. The molecule has 12 heteroatoms. The number of nitrogens with zero attached hydrogens (tertiary/aromatic N) is 4. The maximum absolute atomic E-state index is 13.2. The fourth-order valence-electron chi connectivity index (χ4n) is 3.93. The van der Waals surface area contributed by atoms with Crippen LogP contribution in [0.15, 0.2) is 29.3 Å². The summed E-state index contributed by atoms with van der Waals surface area (Å²) in [6.45, 7) is 1.13. The highest BCUT2D eigenvalue weighted by Crippen LogP contribution is 2.27. The van der Waals surface area contributed by atoms with Crippen molar-refractivity contribution in [2.75, 3.05) is 30.9 Å². The van der Waals surface area contributed by atoms with E-state index in [-0.39, 0.29) is 28.5 Å². The number of amides is 1. The molecule has 174 valence electrons. The van der Waals surface area contributed by atoms with E-state index < -0.39 is 18.1 Å². The molecule has 0 unspecified atom stereocenters. The Morgan fingerprint density at radius 2 is 2.18 bits per heavy atom. The lowest BCUT2D eigenvalue weighted by atomic mass is 10.1.